The Labute approximate surface area is 570 Å². The molecule has 5 heterocycles. The minimum Gasteiger partial charge on any atom is -0.491 e. The van der Waals surface area contributed by atoms with Crippen LogP contribution in [0.5, 0.6) is 28.7 Å². The monoisotopic (exact) mass is 1330 g/mol. The van der Waals surface area contributed by atoms with Crippen LogP contribution < -0.4 is 45.8 Å². The number of rotatable bonds is 12. The van der Waals surface area contributed by atoms with E-state index in [1.165, 1.54) is 36.4 Å². The van der Waals surface area contributed by atoms with Crippen molar-refractivity contribution in [1.29, 1.82) is 0 Å². The molecule has 8 aromatic rings. The number of hydrogen-bond acceptors (Lipinski definition) is 17. The highest BCUT2D eigenvalue weighted by Crippen LogP contribution is 2.46. The Morgan fingerprint density at radius 3 is 1.63 bits per heavy atom. The molecular formula is C81H76N2O16. The van der Waals surface area contributed by atoms with Gasteiger partial charge in [0.2, 0.25) is 0 Å². The quantitative estimate of drug-likeness (QED) is 0.0678. The number of allylic oxidation sites excluding steroid dienone is 4. The summed E-state index contributed by atoms with van der Waals surface area (Å²) in [5.41, 5.74) is 9.43. The summed E-state index contributed by atoms with van der Waals surface area (Å²) in [5, 5.41) is 12.2. The molecule has 506 valence electrons. The fourth-order valence-electron chi connectivity index (χ4n) is 11.2. The number of hydrogen-bond donors (Lipinski definition) is 1. The second kappa shape index (κ2) is 30.2. The Morgan fingerprint density at radius 1 is 0.475 bits per heavy atom. The van der Waals surface area contributed by atoms with Gasteiger partial charge >= 0.3 is 17.2 Å². The van der Waals surface area contributed by atoms with Crippen molar-refractivity contribution in [2.75, 3.05) is 0 Å². The number of aliphatic imine (C=N–C) groups is 1. The molecule has 14 rings (SSSR count). The number of ether oxygens (including phenoxy) is 5. The third kappa shape index (κ3) is 17.3. The first-order valence-corrected chi connectivity index (χ1v) is 32.4. The molecule has 99 heavy (non-hydrogen) atoms. The predicted octanol–water partition coefficient (Wildman–Crippen LogP) is 17.5. The van der Waals surface area contributed by atoms with Crippen LogP contribution in [0.4, 0.5) is 5.69 Å². The van der Waals surface area contributed by atoms with Crippen LogP contribution in [0.3, 0.4) is 0 Å². The van der Waals surface area contributed by atoms with E-state index in [1.54, 1.807) is 85.0 Å². The van der Waals surface area contributed by atoms with Gasteiger partial charge in [-0.15, -0.1) is 0 Å². The first-order valence-electron chi connectivity index (χ1n) is 32.4. The summed E-state index contributed by atoms with van der Waals surface area (Å²) in [5.74, 6) is 3.54. The maximum absolute atomic E-state index is 11.9. The molecule has 3 aliphatic carbocycles. The number of carbonyl (C=O) groups excluding carboxylic acids is 1. The number of aromatic nitrogens is 1. The zero-order chi connectivity index (χ0) is 71.0. The lowest BCUT2D eigenvalue weighted by Crippen LogP contribution is -2.30. The summed E-state index contributed by atoms with van der Waals surface area (Å²) in [7, 11) is 0. The van der Waals surface area contributed by atoms with Gasteiger partial charge < -0.3 is 46.5 Å². The topological polar surface area (TPSA) is 247 Å². The highest BCUT2D eigenvalue weighted by Gasteiger charge is 2.36. The molecular weight excluding hydrogens is 1260 g/mol. The Hall–Kier alpha value is -11.7. The number of ketones is 1. The Morgan fingerprint density at radius 2 is 0.990 bits per heavy atom. The fraction of sp³-hybridized carbons (Fsp3) is 0.235. The Balaban J connectivity index is 0.000000136. The second-order valence-corrected chi connectivity index (χ2v) is 25.4. The number of carboxylic acids is 1. The number of benzene rings is 8. The van der Waals surface area contributed by atoms with Gasteiger partial charge in [-0.25, -0.2) is 24.4 Å². The standard InChI is InChI=1S/C23H18O5.C18H19NO2.C15H13NO3.C13H14O3.C12H12O3/c1-13(2)27-15-8-10-19-21(12-15)28-20-11-14(24)7-9-18(20)22(19)16-5-3-4-6-17(16)23(25)26;1-11(2)21-13-6-8-17-15(10-13)18(3,4)14-9-12(20)5-7-16(14)19-17;1-9(2)18-11-4-6-13-15(8-11)19-14-7-10(17)3-5-12(14)16-13;1-8(2)15-10-4-5-11-9(3)6-13(14)16-12(11)7-10;1-8(2)14-10-5-3-9-4-6-12(13)15-11(9)7-10/h3-13H,1-2H3,(H,25,26);5-11H,1-4H3;3-9H,1-2H3;4-8H,1-3H3;3-8H,1-2H3. The molecule has 0 radical (unpaired) electrons. The average molecular weight is 1330 g/mol. The molecule has 6 aromatic carbocycles. The number of aromatic carboxylic acids is 1. The van der Waals surface area contributed by atoms with Crippen molar-refractivity contribution in [2.24, 2.45) is 4.99 Å². The number of aryl methyl sites for hydroxylation is 1. The molecule has 0 bridgehead atoms. The number of fused-ring (bicyclic) bond motifs is 8. The largest absolute Gasteiger partial charge is 0.491 e. The zero-order valence-corrected chi connectivity index (χ0v) is 57.2. The van der Waals surface area contributed by atoms with Gasteiger partial charge in [0.05, 0.1) is 47.5 Å². The molecule has 3 aliphatic heterocycles. The molecule has 0 saturated carbocycles. The Bertz CT molecular complexity index is 5270. The first-order chi connectivity index (χ1) is 47.1. The first kappa shape index (κ1) is 70.1. The van der Waals surface area contributed by atoms with Crippen LogP contribution in [0, 0.1) is 6.92 Å². The molecule has 0 atom stereocenters. The molecule has 0 spiro atoms. The van der Waals surface area contributed by atoms with E-state index in [2.05, 4.69) is 23.8 Å². The summed E-state index contributed by atoms with van der Waals surface area (Å²) >= 11 is 0. The number of nitrogens with zero attached hydrogens (tertiary/aromatic N) is 2. The van der Waals surface area contributed by atoms with E-state index < -0.39 is 5.97 Å². The second-order valence-electron chi connectivity index (χ2n) is 25.4. The molecule has 18 heteroatoms. The summed E-state index contributed by atoms with van der Waals surface area (Å²) < 4.78 is 50.0. The van der Waals surface area contributed by atoms with E-state index in [4.69, 9.17) is 41.4 Å². The molecule has 1 N–H and O–H groups in total. The Kier molecular flexibility index (Phi) is 21.4. The minimum absolute atomic E-state index is 0.00152. The van der Waals surface area contributed by atoms with Gasteiger partial charge in [-0.3, -0.25) is 14.4 Å². The van der Waals surface area contributed by atoms with Crippen LogP contribution in [-0.2, 0) is 10.2 Å². The SMILES string of the molecule is CC(C)Oc1ccc2c(-c3ccccc3C(=O)O)c3ccc(=O)cc-3oc2c1.CC(C)Oc1ccc2c(c1)C(C)(C)C1=CC(=O)C=CC1=N2.CC(C)Oc1ccc2ccc(=O)oc2c1.CC(C)Oc1ccc2nc3ccc(=O)cc-3oc2c1.Cc1cc(=O)oc2cc(OC(C)C)ccc12. The summed E-state index contributed by atoms with van der Waals surface area (Å²) in [6, 6.07) is 48.5. The van der Waals surface area contributed by atoms with Crippen LogP contribution in [0.25, 0.3) is 77.9 Å². The molecule has 6 aliphatic rings. The van der Waals surface area contributed by atoms with Gasteiger partial charge in [0.25, 0.3) is 0 Å². The highest BCUT2D eigenvalue weighted by atomic mass is 16.5. The van der Waals surface area contributed by atoms with Gasteiger partial charge in [-0.05, 0) is 220 Å². The van der Waals surface area contributed by atoms with Crippen LogP contribution in [-0.4, -0.2) is 58.1 Å². The normalized spacial score (nSPS) is 12.8. The molecule has 0 fully saturated rings. The van der Waals surface area contributed by atoms with Crippen LogP contribution in [0.1, 0.15) is 105 Å². The molecule has 2 aromatic heterocycles. The third-order valence-corrected chi connectivity index (χ3v) is 15.3. The predicted molar refractivity (Wildman–Crippen MR) is 386 cm³/mol. The van der Waals surface area contributed by atoms with Crippen LogP contribution >= 0.6 is 0 Å². The van der Waals surface area contributed by atoms with Crippen molar-refractivity contribution in [1.82, 2.24) is 4.98 Å². The van der Waals surface area contributed by atoms with Gasteiger partial charge in [-0.1, -0.05) is 32.0 Å². The van der Waals surface area contributed by atoms with Crippen LogP contribution in [0.2, 0.25) is 0 Å². The van der Waals surface area contributed by atoms with Crippen molar-refractivity contribution in [3.63, 3.8) is 0 Å². The van der Waals surface area contributed by atoms with Gasteiger partial charge in [0.1, 0.15) is 62.5 Å². The number of carboxylic acid groups (broad SMARTS) is 1. The maximum Gasteiger partial charge on any atom is 0.336 e. The van der Waals surface area contributed by atoms with E-state index in [0.717, 1.165) is 67.0 Å². The van der Waals surface area contributed by atoms with Crippen molar-refractivity contribution < 1.29 is 56.0 Å². The molecule has 0 saturated heterocycles. The maximum atomic E-state index is 11.9. The van der Waals surface area contributed by atoms with Crippen molar-refractivity contribution in [3.8, 4) is 62.7 Å². The lowest BCUT2D eigenvalue weighted by Gasteiger charge is -2.35. The van der Waals surface area contributed by atoms with Crippen LogP contribution in [0.15, 0.2) is 235 Å². The van der Waals surface area contributed by atoms with Crippen molar-refractivity contribution >= 4 is 67.2 Å². The van der Waals surface area contributed by atoms with Gasteiger partial charge in [-0.2, -0.15) is 0 Å². The lowest BCUT2D eigenvalue weighted by atomic mass is 9.71. The van der Waals surface area contributed by atoms with Crippen molar-refractivity contribution in [3.05, 3.63) is 252 Å². The van der Waals surface area contributed by atoms with E-state index in [0.29, 0.717) is 67.7 Å². The summed E-state index contributed by atoms with van der Waals surface area (Å²) in [6.45, 7) is 25.7. The third-order valence-electron chi connectivity index (χ3n) is 15.3. The molecule has 18 nitrogen and oxygen atoms in total. The molecule has 0 amide bonds. The smallest absolute Gasteiger partial charge is 0.336 e. The van der Waals surface area contributed by atoms with E-state index in [9.17, 15) is 33.9 Å². The van der Waals surface area contributed by atoms with Crippen molar-refractivity contribution in [2.45, 2.75) is 126 Å². The average Bonchev–Trinajstić information content (AvgIpc) is 0.731. The fourth-order valence-corrected chi connectivity index (χ4v) is 11.2. The van der Waals surface area contributed by atoms with Gasteiger partial charge in [0.15, 0.2) is 28.0 Å². The van der Waals surface area contributed by atoms with E-state index >= 15 is 0 Å². The molecule has 0 unspecified atom stereocenters. The van der Waals surface area contributed by atoms with E-state index in [-0.39, 0.29) is 69.4 Å². The summed E-state index contributed by atoms with van der Waals surface area (Å²) in [6.07, 6.45) is 5.51. The number of carbonyl (C=O) groups is 2. The lowest BCUT2D eigenvalue weighted by molar-refractivity contribution is -0.110. The zero-order valence-electron chi connectivity index (χ0n) is 57.2. The summed E-state index contributed by atoms with van der Waals surface area (Å²) in [4.78, 5) is 78.0. The highest BCUT2D eigenvalue weighted by molar-refractivity contribution is 6.22. The minimum atomic E-state index is -1.02. The van der Waals surface area contributed by atoms with Gasteiger partial charge in [0, 0.05) is 81.2 Å². The van der Waals surface area contributed by atoms with E-state index in [1.807, 2.05) is 143 Å².